The molecule has 15 heteroatoms. The number of hydrogen-bond donors (Lipinski definition) is 3. The normalized spacial score (nSPS) is 16.6. The lowest BCUT2D eigenvalue weighted by Gasteiger charge is -2.32. The van der Waals surface area contributed by atoms with Gasteiger partial charge in [0.15, 0.2) is 0 Å². The third-order valence-electron chi connectivity index (χ3n) is 7.68. The molecule has 0 spiro atoms. The van der Waals surface area contributed by atoms with Crippen molar-refractivity contribution in [3.8, 4) is 0 Å². The molecule has 4 rings (SSSR count). The highest BCUT2D eigenvalue weighted by Gasteiger charge is 2.47. The third-order valence-corrected chi connectivity index (χ3v) is 8.61. The standard InChI is InChI=1S/C31H39N5O9S/c1-35-26(37)14-13-25(30(35)40)36-29(39)23-7-4-8-24(27(23)31(36)41)33-15-5-19-44-17-2-3-18-45-20-6-16-34-28(38)21-9-11-22(12-10-21)46(32,42)43/h4,7-12,25,33H,2-3,5-6,13-20H2,1H3,(H,34,38)(H2,32,42,43). The van der Waals surface area contributed by atoms with E-state index in [2.05, 4.69) is 10.6 Å². The van der Waals surface area contributed by atoms with Gasteiger partial charge in [0.05, 0.1) is 16.0 Å². The van der Waals surface area contributed by atoms with E-state index >= 15 is 0 Å². The molecule has 2 aliphatic heterocycles. The fourth-order valence-electron chi connectivity index (χ4n) is 5.15. The fraction of sp³-hybridized carbons (Fsp3) is 0.452. The first-order valence-corrected chi connectivity index (χ1v) is 16.7. The maximum atomic E-state index is 13.2. The maximum absolute atomic E-state index is 13.2. The van der Waals surface area contributed by atoms with Gasteiger partial charge >= 0.3 is 0 Å². The van der Waals surface area contributed by atoms with Gasteiger partial charge in [-0.25, -0.2) is 13.6 Å². The molecule has 1 fully saturated rings. The summed E-state index contributed by atoms with van der Waals surface area (Å²) >= 11 is 0. The molecule has 1 saturated heterocycles. The molecule has 0 radical (unpaired) electrons. The molecular weight excluding hydrogens is 618 g/mol. The number of carbonyl (C=O) groups is 5. The third kappa shape index (κ3) is 8.54. The number of nitrogens with zero attached hydrogens (tertiary/aromatic N) is 2. The molecule has 2 aromatic carbocycles. The minimum atomic E-state index is -3.80. The first-order valence-electron chi connectivity index (χ1n) is 15.1. The monoisotopic (exact) mass is 657 g/mol. The largest absolute Gasteiger partial charge is 0.384 e. The molecule has 2 aromatic rings. The van der Waals surface area contributed by atoms with E-state index in [4.69, 9.17) is 14.6 Å². The number of nitrogens with two attached hydrogens (primary N) is 1. The quantitative estimate of drug-likeness (QED) is 0.166. The summed E-state index contributed by atoms with van der Waals surface area (Å²) in [6.07, 6.45) is 3.14. The summed E-state index contributed by atoms with van der Waals surface area (Å²) in [4.78, 5) is 64.8. The molecule has 1 unspecified atom stereocenters. The number of anilines is 1. The Morgan fingerprint density at radius 1 is 0.891 bits per heavy atom. The summed E-state index contributed by atoms with van der Waals surface area (Å²) < 4.78 is 33.9. The SMILES string of the molecule is CN1C(=O)CCC(N2C(=O)c3cccc(NCCCOCCCCOCCCNC(=O)c4ccc(S(N)(=O)=O)cc4)c3C2=O)C1=O. The summed E-state index contributed by atoms with van der Waals surface area (Å²) in [7, 11) is -2.44. The van der Waals surface area contributed by atoms with Crippen molar-refractivity contribution in [2.24, 2.45) is 5.14 Å². The van der Waals surface area contributed by atoms with Crippen molar-refractivity contribution in [3.63, 3.8) is 0 Å². The lowest BCUT2D eigenvalue weighted by atomic mass is 10.0. The summed E-state index contributed by atoms with van der Waals surface area (Å²) in [6.45, 7) is 3.05. The van der Waals surface area contributed by atoms with Crippen LogP contribution in [0.15, 0.2) is 47.4 Å². The van der Waals surface area contributed by atoms with Gasteiger partial charge < -0.3 is 20.1 Å². The smallest absolute Gasteiger partial charge is 0.264 e. The molecule has 5 amide bonds. The van der Waals surface area contributed by atoms with Gasteiger partial charge in [0, 0.05) is 64.2 Å². The number of sulfonamides is 1. The van der Waals surface area contributed by atoms with Gasteiger partial charge in [-0.05, 0) is 68.5 Å². The highest BCUT2D eigenvalue weighted by Crippen LogP contribution is 2.33. The van der Waals surface area contributed by atoms with Crippen molar-refractivity contribution in [2.45, 2.75) is 49.5 Å². The van der Waals surface area contributed by atoms with Crippen LogP contribution in [0, 0.1) is 0 Å². The number of nitrogens with one attached hydrogen (secondary N) is 2. The molecule has 0 aliphatic carbocycles. The van der Waals surface area contributed by atoms with Gasteiger partial charge in [0.25, 0.3) is 23.6 Å². The van der Waals surface area contributed by atoms with Crippen molar-refractivity contribution < 1.29 is 41.9 Å². The van der Waals surface area contributed by atoms with E-state index in [1.165, 1.54) is 31.3 Å². The minimum absolute atomic E-state index is 0.0535. The van der Waals surface area contributed by atoms with E-state index in [9.17, 15) is 32.4 Å². The molecule has 14 nitrogen and oxygen atoms in total. The molecule has 2 aliphatic rings. The number of imide groups is 2. The van der Waals surface area contributed by atoms with Gasteiger partial charge in [-0.1, -0.05) is 6.07 Å². The van der Waals surface area contributed by atoms with Gasteiger partial charge in [-0.3, -0.25) is 33.8 Å². The number of unbranched alkanes of at least 4 members (excludes halogenated alkanes) is 1. The molecule has 46 heavy (non-hydrogen) atoms. The van der Waals surface area contributed by atoms with Gasteiger partial charge in [-0.15, -0.1) is 0 Å². The number of benzene rings is 2. The number of primary sulfonamides is 1. The predicted molar refractivity (Wildman–Crippen MR) is 166 cm³/mol. The fourth-order valence-corrected chi connectivity index (χ4v) is 5.67. The molecule has 0 saturated carbocycles. The first kappa shape index (κ1) is 34.7. The summed E-state index contributed by atoms with van der Waals surface area (Å²) in [5.74, 6) is -2.26. The summed E-state index contributed by atoms with van der Waals surface area (Å²) in [5, 5.41) is 11.0. The van der Waals surface area contributed by atoms with Crippen molar-refractivity contribution >= 4 is 45.2 Å². The molecule has 4 N–H and O–H groups in total. The summed E-state index contributed by atoms with van der Waals surface area (Å²) in [6, 6.07) is 9.38. The lowest BCUT2D eigenvalue weighted by Crippen LogP contribution is -2.54. The zero-order valence-corrected chi connectivity index (χ0v) is 26.5. The van der Waals surface area contributed by atoms with Crippen LogP contribution in [0.1, 0.15) is 69.6 Å². The Kier molecular flexibility index (Phi) is 12.0. The lowest BCUT2D eigenvalue weighted by molar-refractivity contribution is -0.149. The van der Waals surface area contributed by atoms with E-state index in [-0.39, 0.29) is 40.7 Å². The Hall–Kier alpha value is -4.18. The number of hydrogen-bond acceptors (Lipinski definition) is 10. The number of ether oxygens (including phenoxy) is 2. The van der Waals surface area contributed by atoms with Crippen LogP contribution in [0.3, 0.4) is 0 Å². The maximum Gasteiger partial charge on any atom is 0.264 e. The summed E-state index contributed by atoms with van der Waals surface area (Å²) in [5.41, 5.74) is 1.33. The van der Waals surface area contributed by atoms with E-state index < -0.39 is 33.8 Å². The van der Waals surface area contributed by atoms with E-state index in [1.807, 2.05) is 0 Å². The Balaban J connectivity index is 1.04. The molecule has 0 aromatic heterocycles. The van der Waals surface area contributed by atoms with Crippen LogP contribution in [-0.4, -0.2) is 100 Å². The number of likely N-dealkylation sites (tertiary alicyclic amines) is 1. The Labute approximate surface area is 267 Å². The van der Waals surface area contributed by atoms with E-state index in [0.717, 1.165) is 22.6 Å². The van der Waals surface area contributed by atoms with Crippen LogP contribution >= 0.6 is 0 Å². The van der Waals surface area contributed by atoms with Crippen molar-refractivity contribution in [1.29, 1.82) is 0 Å². The number of likely N-dealkylation sites (N-methyl/N-ethyl adjacent to an activating group) is 1. The van der Waals surface area contributed by atoms with Crippen molar-refractivity contribution in [2.75, 3.05) is 51.9 Å². The van der Waals surface area contributed by atoms with Crippen LogP contribution in [0.25, 0.3) is 0 Å². The molecule has 2 heterocycles. The average molecular weight is 658 g/mol. The zero-order chi connectivity index (χ0) is 33.3. The number of piperidine rings is 1. The second-order valence-corrected chi connectivity index (χ2v) is 12.5. The van der Waals surface area contributed by atoms with E-state index in [1.54, 1.807) is 18.2 Å². The van der Waals surface area contributed by atoms with Crippen LogP contribution < -0.4 is 15.8 Å². The molecule has 1 atom stereocenters. The highest BCUT2D eigenvalue weighted by molar-refractivity contribution is 7.89. The number of rotatable bonds is 17. The Morgan fingerprint density at radius 3 is 2.17 bits per heavy atom. The predicted octanol–water partition coefficient (Wildman–Crippen LogP) is 1.51. The first-order chi connectivity index (χ1) is 22.0. The van der Waals surface area contributed by atoms with Gasteiger partial charge in [0.2, 0.25) is 15.9 Å². The van der Waals surface area contributed by atoms with Gasteiger partial charge in [0.1, 0.15) is 6.04 Å². The molecular formula is C31H39N5O9S. The number of amides is 5. The molecule has 0 bridgehead atoms. The number of fused-ring (bicyclic) bond motifs is 1. The molecule has 248 valence electrons. The van der Waals surface area contributed by atoms with Crippen LogP contribution in [0.5, 0.6) is 0 Å². The second-order valence-electron chi connectivity index (χ2n) is 10.9. The topological polar surface area (TPSA) is 195 Å². The van der Waals surface area contributed by atoms with Crippen LogP contribution in [0.4, 0.5) is 5.69 Å². The zero-order valence-electron chi connectivity index (χ0n) is 25.7. The van der Waals surface area contributed by atoms with Crippen LogP contribution in [0.2, 0.25) is 0 Å². The Bertz CT molecular complexity index is 1560. The minimum Gasteiger partial charge on any atom is -0.384 e. The van der Waals surface area contributed by atoms with E-state index in [0.29, 0.717) is 63.6 Å². The van der Waals surface area contributed by atoms with Crippen LogP contribution in [-0.2, 0) is 29.1 Å². The van der Waals surface area contributed by atoms with Crippen molar-refractivity contribution in [1.82, 2.24) is 15.1 Å². The van der Waals surface area contributed by atoms with Crippen molar-refractivity contribution in [3.05, 3.63) is 59.2 Å². The second kappa shape index (κ2) is 15.9. The average Bonchev–Trinajstić information content (AvgIpc) is 3.29. The van der Waals surface area contributed by atoms with Gasteiger partial charge in [-0.2, -0.15) is 0 Å². The highest BCUT2D eigenvalue weighted by atomic mass is 32.2. The Morgan fingerprint density at radius 2 is 1.52 bits per heavy atom. The number of carbonyl (C=O) groups excluding carboxylic acids is 5.